The third-order valence-corrected chi connectivity index (χ3v) is 6.59. The summed E-state index contributed by atoms with van der Waals surface area (Å²) in [6.07, 6.45) is 4.69. The normalized spacial score (nSPS) is 23.1. The molecule has 0 radical (unpaired) electrons. The van der Waals surface area contributed by atoms with E-state index in [-0.39, 0.29) is 41.8 Å². The Morgan fingerprint density at radius 1 is 1.32 bits per heavy atom. The monoisotopic (exact) mass is 473 g/mol. The highest BCUT2D eigenvalue weighted by molar-refractivity contribution is 6.00. The number of nitrogens with one attached hydrogen (secondary N) is 3. The molecule has 1 amide bonds. The predicted octanol–water partition coefficient (Wildman–Crippen LogP) is 2.55. The van der Waals surface area contributed by atoms with Gasteiger partial charge in [-0.15, -0.1) is 0 Å². The van der Waals surface area contributed by atoms with Gasteiger partial charge in [0.25, 0.3) is 17.4 Å². The van der Waals surface area contributed by atoms with Gasteiger partial charge in [-0.3, -0.25) is 9.59 Å². The van der Waals surface area contributed by atoms with Crippen LogP contribution in [0.1, 0.15) is 42.1 Å². The number of alkyl halides is 2. The van der Waals surface area contributed by atoms with Gasteiger partial charge in [0.15, 0.2) is 5.65 Å². The van der Waals surface area contributed by atoms with Crippen LogP contribution in [0.25, 0.3) is 5.65 Å². The van der Waals surface area contributed by atoms with E-state index in [0.29, 0.717) is 17.3 Å². The van der Waals surface area contributed by atoms with Crippen LogP contribution in [0.4, 0.5) is 26.1 Å². The molecule has 3 N–H and O–H groups in total. The van der Waals surface area contributed by atoms with Gasteiger partial charge in [0.1, 0.15) is 22.9 Å². The molecule has 3 heterocycles. The van der Waals surface area contributed by atoms with E-state index in [1.807, 2.05) is 0 Å². The highest BCUT2D eigenvalue weighted by Crippen LogP contribution is 2.38. The average Bonchev–Trinajstić information content (AvgIpc) is 3.22. The van der Waals surface area contributed by atoms with Crippen molar-refractivity contribution in [3.05, 3.63) is 46.5 Å². The van der Waals surface area contributed by atoms with Crippen LogP contribution in [0.2, 0.25) is 0 Å². The Bertz CT molecular complexity index is 1300. The fraction of sp³-hybridized carbons (Fsp3) is 0.455. The number of halogens is 2. The van der Waals surface area contributed by atoms with E-state index in [2.05, 4.69) is 26.0 Å². The van der Waals surface area contributed by atoms with Crippen LogP contribution < -0.4 is 21.5 Å². The van der Waals surface area contributed by atoms with Gasteiger partial charge in [-0.05, 0) is 31.4 Å². The molecule has 2 aliphatic carbocycles. The number of aromatic nitrogens is 4. The largest absolute Gasteiger partial charge is 0.381 e. The van der Waals surface area contributed by atoms with E-state index >= 15 is 0 Å². The predicted molar refractivity (Wildman–Crippen MR) is 121 cm³/mol. The van der Waals surface area contributed by atoms with Crippen LogP contribution in [0.15, 0.2) is 35.4 Å². The Balaban J connectivity index is 1.44. The molecular weight excluding hydrogens is 448 g/mol. The van der Waals surface area contributed by atoms with Gasteiger partial charge in [0.2, 0.25) is 0 Å². The quantitative estimate of drug-likeness (QED) is 0.483. The molecule has 0 aromatic carbocycles. The topological polar surface area (TPSA) is 115 Å². The molecule has 0 spiro atoms. The second-order valence-corrected chi connectivity index (χ2v) is 8.64. The lowest BCUT2D eigenvalue weighted by atomic mass is 9.88. The summed E-state index contributed by atoms with van der Waals surface area (Å²) >= 11 is 0. The van der Waals surface area contributed by atoms with E-state index in [1.54, 1.807) is 43.1 Å². The average molecular weight is 473 g/mol. The number of fused-ring (bicyclic) bond motifs is 1. The zero-order valence-corrected chi connectivity index (χ0v) is 18.7. The van der Waals surface area contributed by atoms with E-state index < -0.39 is 17.9 Å². The molecule has 0 saturated heterocycles. The molecule has 12 heteroatoms. The summed E-state index contributed by atoms with van der Waals surface area (Å²) in [5.41, 5.74) is 0.358. The summed E-state index contributed by atoms with van der Waals surface area (Å²) < 4.78 is 35.7. The molecule has 0 bridgehead atoms. The second kappa shape index (κ2) is 8.35. The van der Waals surface area contributed by atoms with Gasteiger partial charge >= 0.3 is 0 Å². The highest BCUT2D eigenvalue weighted by atomic mass is 19.3. The van der Waals surface area contributed by atoms with Gasteiger partial charge in [-0.2, -0.15) is 9.61 Å². The first kappa shape index (κ1) is 22.3. The Morgan fingerprint density at radius 3 is 2.76 bits per heavy atom. The van der Waals surface area contributed by atoms with Crippen LogP contribution in [0.3, 0.4) is 0 Å². The number of nitrogens with zero attached hydrogens (tertiary/aromatic N) is 4. The number of ether oxygens (including phenoxy) is 1. The van der Waals surface area contributed by atoms with Crippen molar-refractivity contribution in [2.24, 2.45) is 0 Å². The Morgan fingerprint density at radius 2 is 2.12 bits per heavy atom. The third-order valence-electron chi connectivity index (χ3n) is 6.59. The molecule has 3 aromatic heterocycles. The summed E-state index contributed by atoms with van der Waals surface area (Å²) in [5.74, 6) is -2.78. The Kier molecular flexibility index (Phi) is 5.47. The van der Waals surface area contributed by atoms with Crippen molar-refractivity contribution in [2.75, 3.05) is 24.8 Å². The van der Waals surface area contributed by atoms with Crippen molar-refractivity contribution >= 4 is 28.9 Å². The third kappa shape index (κ3) is 3.77. The number of hydrogen-bond donors (Lipinski definition) is 3. The van der Waals surface area contributed by atoms with Crippen molar-refractivity contribution < 1.29 is 18.3 Å². The lowest BCUT2D eigenvalue weighted by Gasteiger charge is -2.36. The van der Waals surface area contributed by atoms with Gasteiger partial charge in [-0.25, -0.2) is 13.8 Å². The highest BCUT2D eigenvalue weighted by Gasteiger charge is 2.49. The molecule has 2 aliphatic rings. The van der Waals surface area contributed by atoms with Gasteiger partial charge < -0.3 is 25.3 Å². The zero-order valence-electron chi connectivity index (χ0n) is 18.7. The molecule has 34 heavy (non-hydrogen) atoms. The summed E-state index contributed by atoms with van der Waals surface area (Å²) in [6, 6.07) is 3.93. The zero-order chi connectivity index (χ0) is 24.0. The fourth-order valence-corrected chi connectivity index (χ4v) is 4.27. The first-order chi connectivity index (χ1) is 16.3. The van der Waals surface area contributed by atoms with E-state index in [4.69, 9.17) is 4.74 Å². The lowest BCUT2D eigenvalue weighted by molar-refractivity contribution is -0.102. The van der Waals surface area contributed by atoms with E-state index in [1.165, 1.54) is 10.7 Å². The van der Waals surface area contributed by atoms with Crippen LogP contribution >= 0.6 is 0 Å². The first-order valence-electron chi connectivity index (χ1n) is 11.1. The van der Waals surface area contributed by atoms with Crippen LogP contribution in [-0.2, 0) is 4.74 Å². The number of hydrogen-bond acceptors (Lipinski definition) is 7. The number of carbonyl (C=O) groups is 1. The smallest absolute Gasteiger partial charge is 0.274 e. The molecule has 0 unspecified atom stereocenters. The Hall–Kier alpha value is -3.54. The van der Waals surface area contributed by atoms with E-state index in [0.717, 1.165) is 12.8 Å². The maximum absolute atomic E-state index is 13.6. The van der Waals surface area contributed by atoms with Crippen LogP contribution in [0, 0.1) is 0 Å². The molecule has 180 valence electrons. The number of pyridine rings is 1. The van der Waals surface area contributed by atoms with Gasteiger partial charge in [0.05, 0.1) is 18.3 Å². The maximum Gasteiger partial charge on any atom is 0.274 e. The first-order valence-corrected chi connectivity index (χ1v) is 11.1. The van der Waals surface area contributed by atoms with Crippen LogP contribution in [-0.4, -0.2) is 57.3 Å². The van der Waals surface area contributed by atoms with Gasteiger partial charge in [0, 0.05) is 38.9 Å². The summed E-state index contributed by atoms with van der Waals surface area (Å²) in [6.45, 7) is 0. The number of carbonyl (C=O) groups excluding carboxylic acids is 1. The molecule has 2 fully saturated rings. The van der Waals surface area contributed by atoms with Crippen molar-refractivity contribution in [3.8, 4) is 0 Å². The van der Waals surface area contributed by atoms with Crippen molar-refractivity contribution in [1.29, 1.82) is 0 Å². The maximum atomic E-state index is 13.6. The number of amides is 1. The number of methoxy groups -OCH3 is 1. The van der Waals surface area contributed by atoms with Gasteiger partial charge in [-0.1, -0.05) is 0 Å². The minimum Gasteiger partial charge on any atom is -0.381 e. The minimum atomic E-state index is -2.91. The molecule has 10 nitrogen and oxygen atoms in total. The molecule has 3 aromatic rings. The van der Waals surface area contributed by atoms with E-state index in [9.17, 15) is 18.4 Å². The lowest BCUT2D eigenvalue weighted by Crippen LogP contribution is -2.55. The van der Waals surface area contributed by atoms with Crippen molar-refractivity contribution in [1.82, 2.24) is 24.5 Å². The molecule has 1 atom stereocenters. The van der Waals surface area contributed by atoms with Crippen molar-refractivity contribution in [2.45, 2.75) is 49.8 Å². The molecule has 5 rings (SSSR count). The second-order valence-electron chi connectivity index (χ2n) is 8.64. The minimum absolute atomic E-state index is 0.0633. The summed E-state index contributed by atoms with van der Waals surface area (Å²) in [7, 11) is 3.33. The number of anilines is 3. The van der Waals surface area contributed by atoms with Crippen molar-refractivity contribution in [3.63, 3.8) is 0 Å². The molecular formula is C22H25F2N7O3. The Labute approximate surface area is 193 Å². The van der Waals surface area contributed by atoms with Crippen LogP contribution in [0.5, 0.6) is 0 Å². The summed E-state index contributed by atoms with van der Waals surface area (Å²) in [4.78, 5) is 30.2. The number of rotatable bonds is 7. The molecule has 0 aliphatic heterocycles. The summed E-state index contributed by atoms with van der Waals surface area (Å²) in [5, 5.41) is 12.5. The fourth-order valence-electron chi connectivity index (χ4n) is 4.27. The SMILES string of the molecule is CNc1cc(Nc2cccn(C3CC(OC)C3)c2=O)nc2c(C(=O)N[C@@H]3CCC3(F)F)cnn12. The standard InChI is InChI=1S/C22H25F2N7O3/c1-25-18-10-17(27-15-4-3-7-30(21(15)33)12-8-13(9-12)34-2)29-19-14(11-26-31(18)19)20(32)28-16-5-6-22(16,23)24/h3-4,7,10-13,16,25H,5-6,8-9H2,1-2H3,(H,27,29)(H,28,32)/t12?,13?,16-/m1/s1. The molecule has 2 saturated carbocycles.